The summed E-state index contributed by atoms with van der Waals surface area (Å²) in [7, 11) is 0. The molecule has 1 aromatic heterocycles. The van der Waals surface area contributed by atoms with Crippen molar-refractivity contribution in [3.05, 3.63) is 51.5 Å². The SMILES string of the molecule is N[C@H](c1cccs1)c1c(F)ccc(C(=O)O)c1O. The van der Waals surface area contributed by atoms with Gasteiger partial charge < -0.3 is 15.9 Å². The van der Waals surface area contributed by atoms with Crippen molar-refractivity contribution in [3.63, 3.8) is 0 Å². The van der Waals surface area contributed by atoms with Gasteiger partial charge in [-0.2, -0.15) is 0 Å². The van der Waals surface area contributed by atoms with Gasteiger partial charge in [-0.05, 0) is 23.6 Å². The van der Waals surface area contributed by atoms with Gasteiger partial charge in [0.05, 0.1) is 11.6 Å². The van der Waals surface area contributed by atoms with Crippen LogP contribution in [0.15, 0.2) is 29.6 Å². The molecule has 94 valence electrons. The number of hydrogen-bond acceptors (Lipinski definition) is 4. The fourth-order valence-electron chi connectivity index (χ4n) is 1.66. The Morgan fingerprint density at radius 3 is 2.67 bits per heavy atom. The fraction of sp³-hybridized carbons (Fsp3) is 0.0833. The Bertz CT molecular complexity index is 583. The third kappa shape index (κ3) is 2.07. The van der Waals surface area contributed by atoms with Crippen LogP contribution in [-0.2, 0) is 0 Å². The summed E-state index contributed by atoms with van der Waals surface area (Å²) in [6, 6.07) is 4.56. The van der Waals surface area contributed by atoms with Crippen LogP contribution in [0.4, 0.5) is 4.39 Å². The zero-order valence-electron chi connectivity index (χ0n) is 9.13. The first-order valence-electron chi connectivity index (χ1n) is 5.06. The summed E-state index contributed by atoms with van der Waals surface area (Å²) in [4.78, 5) is 11.5. The van der Waals surface area contributed by atoms with Crippen LogP contribution in [0.3, 0.4) is 0 Å². The van der Waals surface area contributed by atoms with E-state index in [1.807, 2.05) is 0 Å². The maximum absolute atomic E-state index is 13.7. The monoisotopic (exact) mass is 267 g/mol. The van der Waals surface area contributed by atoms with Crippen molar-refractivity contribution in [2.24, 2.45) is 5.73 Å². The van der Waals surface area contributed by atoms with Gasteiger partial charge in [-0.3, -0.25) is 0 Å². The lowest BCUT2D eigenvalue weighted by Gasteiger charge is -2.14. The molecule has 0 saturated carbocycles. The molecule has 0 fully saturated rings. The number of hydrogen-bond donors (Lipinski definition) is 3. The molecule has 0 saturated heterocycles. The lowest BCUT2D eigenvalue weighted by Crippen LogP contribution is -2.14. The maximum atomic E-state index is 13.7. The van der Waals surface area contributed by atoms with Crippen LogP contribution in [0, 0.1) is 5.82 Å². The molecule has 0 aliphatic carbocycles. The first kappa shape index (κ1) is 12.5. The molecule has 2 rings (SSSR count). The van der Waals surface area contributed by atoms with Gasteiger partial charge in [-0.25, -0.2) is 9.18 Å². The van der Waals surface area contributed by atoms with Crippen molar-refractivity contribution in [3.8, 4) is 5.75 Å². The predicted octanol–water partition coefficient (Wildman–Crippen LogP) is 2.34. The largest absolute Gasteiger partial charge is 0.507 e. The Morgan fingerprint density at radius 2 is 2.11 bits per heavy atom. The Morgan fingerprint density at radius 1 is 1.39 bits per heavy atom. The molecule has 0 radical (unpaired) electrons. The number of aromatic carboxylic acids is 1. The number of carbonyl (C=O) groups is 1. The van der Waals surface area contributed by atoms with Crippen molar-refractivity contribution in [1.29, 1.82) is 0 Å². The highest BCUT2D eigenvalue weighted by Crippen LogP contribution is 2.34. The molecule has 0 aliphatic rings. The minimum absolute atomic E-state index is 0.197. The van der Waals surface area contributed by atoms with Gasteiger partial charge in [-0.1, -0.05) is 6.07 Å². The van der Waals surface area contributed by atoms with Crippen LogP contribution in [0.2, 0.25) is 0 Å². The number of benzene rings is 1. The van der Waals surface area contributed by atoms with Gasteiger partial charge in [0.15, 0.2) is 0 Å². The highest BCUT2D eigenvalue weighted by Gasteiger charge is 2.23. The quantitative estimate of drug-likeness (QED) is 0.797. The van der Waals surface area contributed by atoms with E-state index in [2.05, 4.69) is 0 Å². The lowest BCUT2D eigenvalue weighted by atomic mass is 10.0. The molecule has 1 atom stereocenters. The van der Waals surface area contributed by atoms with Crippen LogP contribution in [0.5, 0.6) is 5.75 Å². The standard InChI is InChI=1S/C12H10FNO3S/c13-7-4-3-6(12(16)17)11(15)9(7)10(14)8-2-1-5-18-8/h1-5,10,15H,14H2,(H,16,17)/t10-/m1/s1. The van der Waals surface area contributed by atoms with E-state index in [1.165, 1.54) is 11.3 Å². The van der Waals surface area contributed by atoms with Crippen molar-refractivity contribution in [2.75, 3.05) is 0 Å². The number of aromatic hydroxyl groups is 1. The summed E-state index contributed by atoms with van der Waals surface area (Å²) in [5, 5.41) is 20.5. The highest BCUT2D eigenvalue weighted by molar-refractivity contribution is 7.10. The van der Waals surface area contributed by atoms with Crippen LogP contribution in [0.25, 0.3) is 0 Å². The average molecular weight is 267 g/mol. The first-order valence-corrected chi connectivity index (χ1v) is 5.94. The fourth-order valence-corrected chi connectivity index (χ4v) is 2.40. The molecular formula is C12H10FNO3S. The average Bonchev–Trinajstić information content (AvgIpc) is 2.81. The summed E-state index contributed by atoms with van der Waals surface area (Å²) in [5.41, 5.74) is 5.29. The van der Waals surface area contributed by atoms with Crippen LogP contribution in [0.1, 0.15) is 26.8 Å². The second-order valence-electron chi connectivity index (χ2n) is 3.66. The zero-order valence-corrected chi connectivity index (χ0v) is 9.95. The molecule has 18 heavy (non-hydrogen) atoms. The van der Waals surface area contributed by atoms with E-state index in [4.69, 9.17) is 10.8 Å². The molecule has 1 aromatic carbocycles. The molecule has 0 aliphatic heterocycles. The third-order valence-corrected chi connectivity index (χ3v) is 3.51. The molecular weight excluding hydrogens is 257 g/mol. The summed E-state index contributed by atoms with van der Waals surface area (Å²) >= 11 is 1.31. The molecule has 4 N–H and O–H groups in total. The lowest BCUT2D eigenvalue weighted by molar-refractivity contribution is 0.0693. The summed E-state index contributed by atoms with van der Waals surface area (Å²) < 4.78 is 13.7. The van der Waals surface area contributed by atoms with Gasteiger partial charge in [0, 0.05) is 4.88 Å². The van der Waals surface area contributed by atoms with Crippen molar-refractivity contribution < 1.29 is 19.4 Å². The van der Waals surface area contributed by atoms with Gasteiger partial charge in [0.1, 0.15) is 17.1 Å². The second-order valence-corrected chi connectivity index (χ2v) is 4.63. The molecule has 0 amide bonds. The molecule has 0 spiro atoms. The smallest absolute Gasteiger partial charge is 0.339 e. The van der Waals surface area contributed by atoms with Gasteiger partial charge in [0.2, 0.25) is 0 Å². The van der Waals surface area contributed by atoms with Crippen molar-refractivity contribution >= 4 is 17.3 Å². The predicted molar refractivity (Wildman–Crippen MR) is 65.4 cm³/mol. The zero-order chi connectivity index (χ0) is 13.3. The van der Waals surface area contributed by atoms with E-state index in [1.54, 1.807) is 17.5 Å². The minimum Gasteiger partial charge on any atom is -0.507 e. The first-order chi connectivity index (χ1) is 8.52. The normalized spacial score (nSPS) is 12.3. The number of nitrogens with two attached hydrogens (primary N) is 1. The van der Waals surface area contributed by atoms with E-state index >= 15 is 0 Å². The molecule has 2 aromatic rings. The Labute approximate surface area is 106 Å². The molecule has 1 heterocycles. The molecule has 4 nitrogen and oxygen atoms in total. The molecule has 0 bridgehead atoms. The minimum atomic E-state index is -1.33. The van der Waals surface area contributed by atoms with E-state index in [-0.39, 0.29) is 11.1 Å². The van der Waals surface area contributed by atoms with Crippen molar-refractivity contribution in [2.45, 2.75) is 6.04 Å². The maximum Gasteiger partial charge on any atom is 0.339 e. The van der Waals surface area contributed by atoms with E-state index in [0.29, 0.717) is 4.88 Å². The van der Waals surface area contributed by atoms with Crippen molar-refractivity contribution in [1.82, 2.24) is 0 Å². The Hall–Kier alpha value is -1.92. The molecule has 0 unspecified atom stereocenters. The summed E-state index contributed by atoms with van der Waals surface area (Å²) in [6.07, 6.45) is 0. The summed E-state index contributed by atoms with van der Waals surface area (Å²) in [5.74, 6) is -2.67. The van der Waals surface area contributed by atoms with Gasteiger partial charge in [-0.15, -0.1) is 11.3 Å². The number of carboxylic acid groups (broad SMARTS) is 1. The topological polar surface area (TPSA) is 83.6 Å². The van der Waals surface area contributed by atoms with E-state index in [9.17, 15) is 14.3 Å². The number of halogens is 1. The number of carboxylic acids is 1. The number of phenols is 1. The number of rotatable bonds is 3. The van der Waals surface area contributed by atoms with E-state index in [0.717, 1.165) is 12.1 Å². The Balaban J connectivity index is 2.56. The third-order valence-electron chi connectivity index (χ3n) is 2.55. The van der Waals surface area contributed by atoms with E-state index < -0.39 is 23.6 Å². The van der Waals surface area contributed by atoms with Crippen LogP contribution < -0.4 is 5.73 Å². The highest BCUT2D eigenvalue weighted by atomic mass is 32.1. The van der Waals surface area contributed by atoms with Crippen LogP contribution >= 0.6 is 11.3 Å². The second kappa shape index (κ2) is 4.75. The van der Waals surface area contributed by atoms with Gasteiger partial charge >= 0.3 is 5.97 Å². The Kier molecular flexibility index (Phi) is 3.31. The summed E-state index contributed by atoms with van der Waals surface area (Å²) in [6.45, 7) is 0. The number of thiophene rings is 1. The van der Waals surface area contributed by atoms with Gasteiger partial charge in [0.25, 0.3) is 0 Å². The van der Waals surface area contributed by atoms with Crippen LogP contribution in [-0.4, -0.2) is 16.2 Å². The molecule has 6 heteroatoms.